The van der Waals surface area contributed by atoms with Crippen molar-refractivity contribution in [2.45, 2.75) is 39.3 Å². The molecule has 3 nitrogen and oxygen atoms in total. The van der Waals surface area contributed by atoms with Crippen LogP contribution in [-0.4, -0.2) is 15.1 Å². The van der Waals surface area contributed by atoms with Crippen molar-refractivity contribution in [1.29, 1.82) is 0 Å². The van der Waals surface area contributed by atoms with Crippen LogP contribution in [0.4, 0.5) is 0 Å². The van der Waals surface area contributed by atoms with Gasteiger partial charge in [-0.15, -0.1) is 0 Å². The molecule has 0 bridgehead atoms. The monoisotopic (exact) mass is 181 g/mol. The van der Waals surface area contributed by atoms with Crippen LogP contribution in [0, 0.1) is 0 Å². The Morgan fingerprint density at radius 3 is 2.69 bits per heavy atom. The lowest BCUT2D eigenvalue weighted by atomic mass is 10.0. The standard InChI is InChI=1S/C10H19N3/c1-5-10(2,3)12-7-9-6-11-8-13(9)4/h6,8,12H,5,7H2,1-4H3. The van der Waals surface area contributed by atoms with Gasteiger partial charge in [-0.25, -0.2) is 4.98 Å². The number of aryl methyl sites for hydroxylation is 1. The molecule has 3 heteroatoms. The van der Waals surface area contributed by atoms with Crippen LogP contribution < -0.4 is 5.32 Å². The number of imidazole rings is 1. The smallest absolute Gasteiger partial charge is 0.0945 e. The van der Waals surface area contributed by atoms with E-state index in [0.29, 0.717) is 0 Å². The van der Waals surface area contributed by atoms with E-state index in [2.05, 4.69) is 31.1 Å². The highest BCUT2D eigenvalue weighted by molar-refractivity contribution is 4.97. The van der Waals surface area contributed by atoms with Gasteiger partial charge in [0.15, 0.2) is 0 Å². The Hall–Kier alpha value is -0.830. The Morgan fingerprint density at radius 2 is 2.23 bits per heavy atom. The van der Waals surface area contributed by atoms with Crippen molar-refractivity contribution in [1.82, 2.24) is 14.9 Å². The molecule has 0 saturated heterocycles. The number of hydrogen-bond acceptors (Lipinski definition) is 2. The first-order valence-corrected chi connectivity index (χ1v) is 4.75. The summed E-state index contributed by atoms with van der Waals surface area (Å²) in [5, 5.41) is 3.49. The zero-order valence-electron chi connectivity index (χ0n) is 8.96. The van der Waals surface area contributed by atoms with E-state index in [1.54, 1.807) is 0 Å². The molecule has 0 aliphatic rings. The van der Waals surface area contributed by atoms with Crippen LogP contribution in [0.25, 0.3) is 0 Å². The summed E-state index contributed by atoms with van der Waals surface area (Å²) in [6.45, 7) is 7.50. The highest BCUT2D eigenvalue weighted by atomic mass is 15.1. The molecule has 74 valence electrons. The number of nitrogens with zero attached hydrogens (tertiary/aromatic N) is 2. The lowest BCUT2D eigenvalue weighted by molar-refractivity contribution is 0.370. The average Bonchev–Trinajstić information content (AvgIpc) is 2.48. The first-order chi connectivity index (χ1) is 6.05. The van der Waals surface area contributed by atoms with E-state index in [9.17, 15) is 0 Å². The Morgan fingerprint density at radius 1 is 1.54 bits per heavy atom. The zero-order valence-corrected chi connectivity index (χ0v) is 8.96. The van der Waals surface area contributed by atoms with Crippen molar-refractivity contribution in [2.24, 2.45) is 7.05 Å². The van der Waals surface area contributed by atoms with Crippen LogP contribution in [0.5, 0.6) is 0 Å². The van der Waals surface area contributed by atoms with Crippen molar-refractivity contribution in [3.05, 3.63) is 18.2 Å². The lowest BCUT2D eigenvalue weighted by Gasteiger charge is -2.24. The first kappa shape index (κ1) is 10.3. The fraction of sp³-hybridized carbons (Fsp3) is 0.700. The van der Waals surface area contributed by atoms with Gasteiger partial charge in [0.05, 0.1) is 12.0 Å². The van der Waals surface area contributed by atoms with Gasteiger partial charge >= 0.3 is 0 Å². The molecule has 1 rings (SSSR count). The number of hydrogen-bond donors (Lipinski definition) is 1. The van der Waals surface area contributed by atoms with E-state index in [0.717, 1.165) is 13.0 Å². The molecule has 1 N–H and O–H groups in total. The molecule has 0 aromatic carbocycles. The van der Waals surface area contributed by atoms with Crippen LogP contribution in [0.15, 0.2) is 12.5 Å². The summed E-state index contributed by atoms with van der Waals surface area (Å²) in [5.41, 5.74) is 1.44. The van der Waals surface area contributed by atoms with E-state index < -0.39 is 0 Å². The largest absolute Gasteiger partial charge is 0.337 e. The van der Waals surface area contributed by atoms with E-state index in [1.807, 2.05) is 24.1 Å². The van der Waals surface area contributed by atoms with Gasteiger partial charge in [-0.3, -0.25) is 0 Å². The topological polar surface area (TPSA) is 29.9 Å². The molecule has 0 amide bonds. The third-order valence-electron chi connectivity index (χ3n) is 2.55. The van der Waals surface area contributed by atoms with E-state index >= 15 is 0 Å². The molecule has 0 unspecified atom stereocenters. The van der Waals surface area contributed by atoms with Gasteiger partial charge < -0.3 is 9.88 Å². The summed E-state index contributed by atoms with van der Waals surface area (Å²) >= 11 is 0. The van der Waals surface area contributed by atoms with Gasteiger partial charge in [0.25, 0.3) is 0 Å². The predicted molar refractivity (Wildman–Crippen MR) is 54.4 cm³/mol. The van der Waals surface area contributed by atoms with Crippen molar-refractivity contribution in [3.63, 3.8) is 0 Å². The number of rotatable bonds is 4. The van der Waals surface area contributed by atoms with Crippen LogP contribution in [-0.2, 0) is 13.6 Å². The van der Waals surface area contributed by atoms with Crippen molar-refractivity contribution in [3.8, 4) is 0 Å². The summed E-state index contributed by atoms with van der Waals surface area (Å²) in [7, 11) is 2.02. The fourth-order valence-electron chi connectivity index (χ4n) is 1.01. The lowest BCUT2D eigenvalue weighted by Crippen LogP contribution is -2.38. The van der Waals surface area contributed by atoms with Gasteiger partial charge in [0.1, 0.15) is 0 Å². The summed E-state index contributed by atoms with van der Waals surface area (Å²) in [5.74, 6) is 0. The summed E-state index contributed by atoms with van der Waals surface area (Å²) in [6, 6.07) is 0. The minimum Gasteiger partial charge on any atom is -0.337 e. The average molecular weight is 181 g/mol. The Bertz CT molecular complexity index is 263. The molecular formula is C10H19N3. The van der Waals surface area contributed by atoms with Gasteiger partial charge in [0.2, 0.25) is 0 Å². The van der Waals surface area contributed by atoms with Crippen LogP contribution in [0.2, 0.25) is 0 Å². The van der Waals surface area contributed by atoms with Crippen molar-refractivity contribution >= 4 is 0 Å². The van der Waals surface area contributed by atoms with E-state index in [-0.39, 0.29) is 5.54 Å². The number of nitrogens with one attached hydrogen (secondary N) is 1. The molecule has 0 fully saturated rings. The van der Waals surface area contributed by atoms with Crippen molar-refractivity contribution < 1.29 is 0 Å². The molecule has 1 aromatic rings. The molecule has 0 radical (unpaired) electrons. The van der Waals surface area contributed by atoms with Crippen LogP contribution in [0.1, 0.15) is 32.9 Å². The van der Waals surface area contributed by atoms with E-state index in [1.165, 1.54) is 5.69 Å². The Labute approximate surface area is 80.2 Å². The second-order valence-corrected chi connectivity index (χ2v) is 4.09. The summed E-state index contributed by atoms with van der Waals surface area (Å²) in [6.07, 6.45) is 4.86. The highest BCUT2D eigenvalue weighted by Gasteiger charge is 2.13. The normalized spacial score (nSPS) is 12.0. The van der Waals surface area contributed by atoms with Crippen LogP contribution >= 0.6 is 0 Å². The van der Waals surface area contributed by atoms with Gasteiger partial charge in [-0.1, -0.05) is 6.92 Å². The van der Waals surface area contributed by atoms with Gasteiger partial charge in [0, 0.05) is 25.3 Å². The zero-order chi connectivity index (χ0) is 9.90. The van der Waals surface area contributed by atoms with Crippen molar-refractivity contribution in [2.75, 3.05) is 0 Å². The summed E-state index contributed by atoms with van der Waals surface area (Å²) < 4.78 is 2.04. The minimum absolute atomic E-state index is 0.213. The third-order valence-corrected chi connectivity index (χ3v) is 2.55. The van der Waals surface area contributed by atoms with Gasteiger partial charge in [-0.05, 0) is 20.3 Å². The van der Waals surface area contributed by atoms with Gasteiger partial charge in [-0.2, -0.15) is 0 Å². The maximum Gasteiger partial charge on any atom is 0.0945 e. The Kier molecular flexibility index (Phi) is 3.09. The number of aromatic nitrogens is 2. The summed E-state index contributed by atoms with van der Waals surface area (Å²) in [4.78, 5) is 4.07. The second kappa shape index (κ2) is 3.92. The molecule has 1 heterocycles. The molecule has 13 heavy (non-hydrogen) atoms. The molecule has 0 aliphatic carbocycles. The Balaban J connectivity index is 2.48. The quantitative estimate of drug-likeness (QED) is 0.766. The third kappa shape index (κ3) is 2.84. The maximum absolute atomic E-state index is 4.07. The SMILES string of the molecule is CCC(C)(C)NCc1cncn1C. The first-order valence-electron chi connectivity index (χ1n) is 4.75. The molecular weight excluding hydrogens is 162 g/mol. The minimum atomic E-state index is 0.213. The molecule has 0 atom stereocenters. The fourth-order valence-corrected chi connectivity index (χ4v) is 1.01. The maximum atomic E-state index is 4.07. The molecule has 0 aliphatic heterocycles. The second-order valence-electron chi connectivity index (χ2n) is 4.09. The molecule has 0 spiro atoms. The molecule has 1 aromatic heterocycles. The molecule has 0 saturated carbocycles. The van der Waals surface area contributed by atoms with Crippen LogP contribution in [0.3, 0.4) is 0 Å². The highest BCUT2D eigenvalue weighted by Crippen LogP contribution is 2.08. The van der Waals surface area contributed by atoms with E-state index in [4.69, 9.17) is 0 Å². The predicted octanol–water partition coefficient (Wildman–Crippen LogP) is 1.70.